The van der Waals surface area contributed by atoms with Gasteiger partial charge in [0.15, 0.2) is 0 Å². The molecule has 45 heavy (non-hydrogen) atoms. The third-order valence-electron chi connectivity index (χ3n) is 6.65. The first-order chi connectivity index (χ1) is 21.7. The molecule has 0 aliphatic rings. The minimum atomic E-state index is -4.01. The number of rotatable bonds is 15. The zero-order valence-electron chi connectivity index (χ0n) is 24.8. The summed E-state index contributed by atoms with van der Waals surface area (Å²) in [5.41, 5.74) is 3.17. The molecule has 4 aromatic carbocycles. The normalized spacial score (nSPS) is 11.8. The number of nitrogens with one attached hydrogen (secondary N) is 3. The summed E-state index contributed by atoms with van der Waals surface area (Å²) in [6.45, 7) is 2.43. The highest BCUT2D eigenvalue weighted by molar-refractivity contribution is 8.14. The summed E-state index contributed by atoms with van der Waals surface area (Å²) in [6, 6.07) is 30.8. The fourth-order valence-corrected chi connectivity index (χ4v) is 6.07. The Labute approximate surface area is 267 Å². The largest absolute Gasteiger partial charge is 0.489 e. The van der Waals surface area contributed by atoms with Crippen molar-refractivity contribution in [3.63, 3.8) is 0 Å². The summed E-state index contributed by atoms with van der Waals surface area (Å²) in [5, 5.41) is 5.16. The van der Waals surface area contributed by atoms with Gasteiger partial charge in [0.1, 0.15) is 18.4 Å². The van der Waals surface area contributed by atoms with Crippen molar-refractivity contribution < 1.29 is 27.5 Å². The molecule has 0 saturated heterocycles. The van der Waals surface area contributed by atoms with Gasteiger partial charge in [0.25, 0.3) is 0 Å². The van der Waals surface area contributed by atoms with Crippen LogP contribution in [0.5, 0.6) is 5.75 Å². The molecule has 0 radical (unpaired) electrons. The van der Waals surface area contributed by atoms with Crippen molar-refractivity contribution in [2.45, 2.75) is 30.9 Å². The van der Waals surface area contributed by atoms with Crippen molar-refractivity contribution in [3.8, 4) is 5.75 Å². The van der Waals surface area contributed by atoms with E-state index in [0.717, 1.165) is 28.5 Å². The van der Waals surface area contributed by atoms with Crippen LogP contribution in [-0.4, -0.2) is 50.2 Å². The average Bonchev–Trinajstić information content (AvgIpc) is 3.06. The molecule has 0 heterocycles. The van der Waals surface area contributed by atoms with Gasteiger partial charge in [-0.25, -0.2) is 8.42 Å². The number of thioether (sulfide) groups is 1. The smallest absolute Gasteiger partial charge is 0.241 e. The maximum atomic E-state index is 13.2. The topological polar surface area (TPSA) is 131 Å². The minimum absolute atomic E-state index is 0.0466. The maximum absolute atomic E-state index is 13.2. The van der Waals surface area contributed by atoms with Crippen LogP contribution < -0.4 is 20.1 Å². The van der Waals surface area contributed by atoms with Gasteiger partial charge < -0.3 is 15.4 Å². The molecule has 4 aromatic rings. The molecule has 0 bridgehead atoms. The van der Waals surface area contributed by atoms with Gasteiger partial charge in [-0.15, -0.1) is 0 Å². The Balaban J connectivity index is 1.33. The van der Waals surface area contributed by atoms with Gasteiger partial charge in [0, 0.05) is 18.7 Å². The van der Waals surface area contributed by atoms with Crippen molar-refractivity contribution >= 4 is 38.7 Å². The predicted molar refractivity (Wildman–Crippen MR) is 175 cm³/mol. The molecule has 0 spiro atoms. The van der Waals surface area contributed by atoms with Crippen LogP contribution in [0.4, 0.5) is 0 Å². The summed E-state index contributed by atoms with van der Waals surface area (Å²) in [5.74, 6) is -0.322. The van der Waals surface area contributed by atoms with E-state index in [1.54, 1.807) is 66.7 Å². The molecule has 3 N–H and O–H groups in total. The number of amides is 2. The Morgan fingerprint density at radius 2 is 1.38 bits per heavy atom. The van der Waals surface area contributed by atoms with E-state index in [1.165, 1.54) is 12.1 Å². The van der Waals surface area contributed by atoms with Gasteiger partial charge in [-0.3, -0.25) is 14.4 Å². The van der Waals surface area contributed by atoms with Gasteiger partial charge >= 0.3 is 0 Å². The number of carbonyl (C=O) groups excluding carboxylic acids is 3. The van der Waals surface area contributed by atoms with Crippen molar-refractivity contribution in [3.05, 3.63) is 131 Å². The van der Waals surface area contributed by atoms with Gasteiger partial charge in [0.05, 0.1) is 10.6 Å². The van der Waals surface area contributed by atoms with Crippen LogP contribution in [-0.2, 0) is 32.6 Å². The van der Waals surface area contributed by atoms with Crippen molar-refractivity contribution in [1.29, 1.82) is 0 Å². The second-order valence-electron chi connectivity index (χ2n) is 10.2. The SMILES string of the molecule is Cc1ccc(S(=O)(=O)NC(Cc2ccc(OCc3ccccc3)cc2)C(=O)NCCNC(=O)CSC(=O)c2ccccc2)cc1. The average molecular weight is 646 g/mol. The first kappa shape index (κ1) is 33.4. The summed E-state index contributed by atoms with van der Waals surface area (Å²) in [7, 11) is -4.01. The Morgan fingerprint density at radius 1 is 0.756 bits per heavy atom. The van der Waals surface area contributed by atoms with E-state index in [1.807, 2.05) is 37.3 Å². The zero-order chi connectivity index (χ0) is 32.1. The van der Waals surface area contributed by atoms with Crippen LogP contribution in [0.25, 0.3) is 0 Å². The molecule has 1 unspecified atom stereocenters. The number of ether oxygens (including phenoxy) is 1. The quantitative estimate of drug-likeness (QED) is 0.165. The van der Waals surface area contributed by atoms with E-state index in [9.17, 15) is 22.8 Å². The second-order valence-corrected chi connectivity index (χ2v) is 12.9. The first-order valence-corrected chi connectivity index (χ1v) is 16.8. The maximum Gasteiger partial charge on any atom is 0.241 e. The Bertz CT molecular complexity index is 1670. The van der Waals surface area contributed by atoms with E-state index >= 15 is 0 Å². The summed E-state index contributed by atoms with van der Waals surface area (Å²) >= 11 is 0.892. The van der Waals surface area contributed by atoms with E-state index in [-0.39, 0.29) is 41.2 Å². The Hall–Kier alpha value is -4.45. The number of sulfonamides is 1. The Morgan fingerprint density at radius 3 is 2.04 bits per heavy atom. The lowest BCUT2D eigenvalue weighted by Gasteiger charge is -2.19. The third kappa shape index (κ3) is 10.9. The van der Waals surface area contributed by atoms with Crippen LogP contribution in [0.3, 0.4) is 0 Å². The number of carbonyl (C=O) groups is 3. The fraction of sp³-hybridized carbons (Fsp3) is 0.206. The molecule has 11 heteroatoms. The number of benzene rings is 4. The molecule has 4 rings (SSSR count). The molecule has 1 atom stereocenters. The number of hydrogen-bond donors (Lipinski definition) is 3. The van der Waals surface area contributed by atoms with Gasteiger partial charge in [-0.1, -0.05) is 102 Å². The van der Waals surface area contributed by atoms with E-state index in [0.29, 0.717) is 17.9 Å². The minimum Gasteiger partial charge on any atom is -0.489 e. The van der Waals surface area contributed by atoms with Crippen molar-refractivity contribution in [2.24, 2.45) is 0 Å². The summed E-state index contributed by atoms with van der Waals surface area (Å²) in [6.07, 6.45) is 0.0838. The molecule has 0 saturated carbocycles. The zero-order valence-corrected chi connectivity index (χ0v) is 26.4. The van der Waals surface area contributed by atoms with Crippen molar-refractivity contribution in [1.82, 2.24) is 15.4 Å². The lowest BCUT2D eigenvalue weighted by molar-refractivity contribution is -0.123. The number of hydrogen-bond acceptors (Lipinski definition) is 7. The highest BCUT2D eigenvalue weighted by Gasteiger charge is 2.26. The molecular weight excluding hydrogens is 611 g/mol. The van der Waals surface area contributed by atoms with E-state index in [2.05, 4.69) is 15.4 Å². The van der Waals surface area contributed by atoms with Crippen LogP contribution in [0.2, 0.25) is 0 Å². The van der Waals surface area contributed by atoms with Crippen molar-refractivity contribution in [2.75, 3.05) is 18.8 Å². The monoisotopic (exact) mass is 645 g/mol. The highest BCUT2D eigenvalue weighted by atomic mass is 32.2. The van der Waals surface area contributed by atoms with Gasteiger partial charge in [-0.2, -0.15) is 4.72 Å². The first-order valence-electron chi connectivity index (χ1n) is 14.3. The van der Waals surface area contributed by atoms with Crippen LogP contribution in [0, 0.1) is 6.92 Å². The highest BCUT2D eigenvalue weighted by Crippen LogP contribution is 2.17. The van der Waals surface area contributed by atoms with E-state index < -0.39 is 22.0 Å². The standard InChI is InChI=1S/C34H35N3O6S2/c1-25-12-18-30(19-13-25)45(41,42)37-31(22-26-14-16-29(17-15-26)43-23-27-8-4-2-5-9-27)33(39)36-21-20-35-32(38)24-44-34(40)28-10-6-3-7-11-28/h2-19,31,37H,20-24H2,1H3,(H,35,38)(H,36,39). The van der Waals surface area contributed by atoms with E-state index in [4.69, 9.17) is 4.74 Å². The number of aryl methyl sites for hydroxylation is 1. The summed E-state index contributed by atoms with van der Waals surface area (Å²) < 4.78 is 34.7. The molecule has 234 valence electrons. The van der Waals surface area contributed by atoms with Crippen LogP contribution >= 0.6 is 11.8 Å². The Kier molecular flexibility index (Phi) is 12.3. The lowest BCUT2D eigenvalue weighted by atomic mass is 10.1. The predicted octanol–water partition coefficient (Wildman–Crippen LogP) is 4.27. The van der Waals surface area contributed by atoms with Crippen LogP contribution in [0.1, 0.15) is 27.0 Å². The summed E-state index contributed by atoms with van der Waals surface area (Å²) in [4.78, 5) is 37.7. The molecule has 2 amide bonds. The third-order valence-corrected chi connectivity index (χ3v) is 9.04. The molecule has 9 nitrogen and oxygen atoms in total. The van der Waals surface area contributed by atoms with Gasteiger partial charge in [-0.05, 0) is 48.7 Å². The fourth-order valence-electron chi connectivity index (χ4n) is 4.21. The molecule has 0 fully saturated rings. The van der Waals surface area contributed by atoms with Crippen LogP contribution in [0.15, 0.2) is 114 Å². The molecular formula is C34H35N3O6S2. The lowest BCUT2D eigenvalue weighted by Crippen LogP contribution is -2.49. The molecule has 0 aliphatic carbocycles. The molecule has 0 aromatic heterocycles. The second kappa shape index (κ2) is 16.6. The molecule has 0 aliphatic heterocycles. The van der Waals surface area contributed by atoms with Gasteiger partial charge in [0.2, 0.25) is 27.0 Å².